The van der Waals surface area contributed by atoms with Crippen molar-refractivity contribution >= 4 is 30.5 Å². The van der Waals surface area contributed by atoms with Crippen LogP contribution in [-0.4, -0.2) is 57.4 Å². The second-order valence-electron chi connectivity index (χ2n) is 7.82. The molecule has 4 rings (SSSR count). The SMILES string of the molecule is CCOC(=O)C(C)NP(=O)(COC(C)Cn1cnc2c(N)ncnc21)Oc1ccc2c(c1)OCO2. The van der Waals surface area contributed by atoms with Crippen LogP contribution in [0.25, 0.3) is 11.2 Å². The van der Waals surface area contributed by atoms with E-state index in [-0.39, 0.29) is 31.3 Å². The third-order valence-electron chi connectivity index (χ3n) is 5.04. The number of carbonyl (C=O) groups excluding carboxylic acids is 1. The first-order valence-corrected chi connectivity index (χ1v) is 12.7. The molecule has 0 saturated carbocycles. The van der Waals surface area contributed by atoms with Crippen LogP contribution in [0.4, 0.5) is 5.82 Å². The number of rotatable bonds is 11. The molecule has 0 saturated heterocycles. The number of carbonyl (C=O) groups is 1. The van der Waals surface area contributed by atoms with E-state index in [4.69, 9.17) is 29.2 Å². The Hall–Kier alpha value is -3.41. The molecule has 1 aliphatic heterocycles. The maximum atomic E-state index is 13.8. The third kappa shape index (κ3) is 5.81. The lowest BCUT2D eigenvalue weighted by Gasteiger charge is -2.25. The Balaban J connectivity index is 1.47. The summed E-state index contributed by atoms with van der Waals surface area (Å²) in [7, 11) is -3.74. The fraction of sp³-hybridized carbons (Fsp3) is 0.429. The number of hydrogen-bond donors (Lipinski definition) is 2. The zero-order valence-electron chi connectivity index (χ0n) is 19.5. The van der Waals surface area contributed by atoms with Crippen LogP contribution in [0.3, 0.4) is 0 Å². The van der Waals surface area contributed by atoms with Crippen LogP contribution >= 0.6 is 7.52 Å². The number of aromatic nitrogens is 4. The fourth-order valence-electron chi connectivity index (χ4n) is 3.40. The highest BCUT2D eigenvalue weighted by Gasteiger charge is 2.32. The van der Waals surface area contributed by atoms with Crippen LogP contribution in [0, 0.1) is 0 Å². The average Bonchev–Trinajstić information content (AvgIpc) is 3.45. The number of ether oxygens (including phenoxy) is 4. The van der Waals surface area contributed by atoms with Crippen molar-refractivity contribution in [3.63, 3.8) is 0 Å². The standard InChI is InChI=1S/C21H27N6O7P/c1-4-30-21(28)14(3)26-35(29,34-15-5-6-16-17(7-15)32-11-31-16)12-33-13(2)8-27-10-25-18-19(22)23-9-24-20(18)27/h5-7,9-10,13-14H,4,8,11-12H2,1-3H3,(H,26,29)(H2,22,23,24). The van der Waals surface area contributed by atoms with Crippen molar-refractivity contribution in [1.29, 1.82) is 0 Å². The largest absolute Gasteiger partial charge is 0.465 e. The van der Waals surface area contributed by atoms with Crippen molar-refractivity contribution in [2.45, 2.75) is 39.5 Å². The topological polar surface area (TPSA) is 162 Å². The summed E-state index contributed by atoms with van der Waals surface area (Å²) in [6, 6.07) is 3.92. The highest BCUT2D eigenvalue weighted by molar-refractivity contribution is 7.57. The summed E-state index contributed by atoms with van der Waals surface area (Å²) in [6.45, 7) is 5.67. The van der Waals surface area contributed by atoms with Gasteiger partial charge in [-0.15, -0.1) is 0 Å². The molecule has 0 radical (unpaired) electrons. The van der Waals surface area contributed by atoms with Gasteiger partial charge in [0.1, 0.15) is 30.0 Å². The third-order valence-corrected chi connectivity index (χ3v) is 6.82. The van der Waals surface area contributed by atoms with Crippen LogP contribution in [0.5, 0.6) is 17.2 Å². The van der Waals surface area contributed by atoms with Crippen LogP contribution in [0.2, 0.25) is 0 Å². The van der Waals surface area contributed by atoms with Gasteiger partial charge in [-0.3, -0.25) is 9.36 Å². The van der Waals surface area contributed by atoms with Crippen molar-refractivity contribution in [2.75, 3.05) is 25.5 Å². The molecule has 14 heteroatoms. The summed E-state index contributed by atoms with van der Waals surface area (Å²) in [6.07, 6.45) is 2.20. The van der Waals surface area contributed by atoms with Crippen LogP contribution in [-0.2, 0) is 25.4 Å². The number of imidazole rings is 1. The van der Waals surface area contributed by atoms with Gasteiger partial charge in [0.2, 0.25) is 6.79 Å². The van der Waals surface area contributed by atoms with Crippen molar-refractivity contribution < 1.29 is 32.8 Å². The molecular formula is C21H27N6O7P. The normalized spacial score (nSPS) is 16.0. The van der Waals surface area contributed by atoms with Gasteiger partial charge in [-0.1, -0.05) is 0 Å². The number of esters is 1. The number of fused-ring (bicyclic) bond motifs is 2. The molecule has 3 aromatic rings. The van der Waals surface area contributed by atoms with Gasteiger partial charge in [0.25, 0.3) is 0 Å². The molecule has 188 valence electrons. The van der Waals surface area contributed by atoms with Crippen molar-refractivity contribution in [2.24, 2.45) is 0 Å². The second-order valence-corrected chi connectivity index (χ2v) is 9.86. The van der Waals surface area contributed by atoms with E-state index in [9.17, 15) is 9.36 Å². The van der Waals surface area contributed by atoms with Gasteiger partial charge < -0.3 is 33.8 Å². The van der Waals surface area contributed by atoms with Crippen molar-refractivity contribution in [3.8, 4) is 17.2 Å². The maximum Gasteiger partial charge on any atom is 0.342 e. The van der Waals surface area contributed by atoms with Gasteiger partial charge >= 0.3 is 13.5 Å². The first kappa shape index (κ1) is 24.7. The van der Waals surface area contributed by atoms with Crippen LogP contribution in [0.1, 0.15) is 20.8 Å². The molecule has 35 heavy (non-hydrogen) atoms. The molecule has 3 unspecified atom stereocenters. The number of anilines is 1. The van der Waals surface area contributed by atoms with Gasteiger partial charge in [0, 0.05) is 6.07 Å². The zero-order chi connectivity index (χ0) is 25.0. The minimum absolute atomic E-state index is 0.0920. The molecule has 1 aliphatic rings. The number of nitrogens with one attached hydrogen (secondary N) is 1. The number of nitrogen functional groups attached to an aromatic ring is 1. The number of nitrogens with zero attached hydrogens (tertiary/aromatic N) is 4. The summed E-state index contributed by atoms with van der Waals surface area (Å²) in [5.41, 5.74) is 6.89. The molecule has 1 aromatic carbocycles. The van der Waals surface area contributed by atoms with E-state index in [0.29, 0.717) is 29.2 Å². The summed E-state index contributed by atoms with van der Waals surface area (Å²) in [5.74, 6) is 1.01. The minimum Gasteiger partial charge on any atom is -0.465 e. The first-order chi connectivity index (χ1) is 16.8. The molecule has 2 aromatic heterocycles. The van der Waals surface area contributed by atoms with E-state index >= 15 is 0 Å². The van der Waals surface area contributed by atoms with E-state index in [2.05, 4.69) is 20.0 Å². The van der Waals surface area contributed by atoms with Gasteiger partial charge in [-0.25, -0.2) is 20.0 Å². The molecule has 0 aliphatic carbocycles. The Labute approximate surface area is 201 Å². The molecule has 3 atom stereocenters. The molecular weight excluding hydrogens is 479 g/mol. The monoisotopic (exact) mass is 506 g/mol. The molecule has 3 heterocycles. The van der Waals surface area contributed by atoms with Crippen LogP contribution < -0.4 is 24.8 Å². The lowest BCUT2D eigenvalue weighted by atomic mass is 10.3. The molecule has 0 bridgehead atoms. The Bertz CT molecular complexity index is 1250. The first-order valence-electron chi connectivity index (χ1n) is 10.9. The summed E-state index contributed by atoms with van der Waals surface area (Å²) >= 11 is 0. The molecule has 0 amide bonds. The smallest absolute Gasteiger partial charge is 0.342 e. The Morgan fingerprint density at radius 1 is 1.26 bits per heavy atom. The van der Waals surface area contributed by atoms with Gasteiger partial charge in [-0.2, -0.15) is 0 Å². The summed E-state index contributed by atoms with van der Waals surface area (Å²) in [5, 5.41) is 2.75. The Morgan fingerprint density at radius 2 is 2.06 bits per heavy atom. The maximum absolute atomic E-state index is 13.8. The fourth-order valence-corrected chi connectivity index (χ4v) is 5.18. The molecule has 0 spiro atoms. The van der Waals surface area contributed by atoms with E-state index in [1.807, 2.05) is 0 Å². The number of benzene rings is 1. The number of nitrogens with two attached hydrogens (primary N) is 1. The highest BCUT2D eigenvalue weighted by Crippen LogP contribution is 2.46. The quantitative estimate of drug-likeness (QED) is 0.289. The zero-order valence-corrected chi connectivity index (χ0v) is 20.4. The van der Waals surface area contributed by atoms with Gasteiger partial charge in [-0.05, 0) is 32.9 Å². The summed E-state index contributed by atoms with van der Waals surface area (Å²) in [4.78, 5) is 24.5. The van der Waals surface area contributed by atoms with E-state index in [1.54, 1.807) is 49.9 Å². The van der Waals surface area contributed by atoms with Gasteiger partial charge in [0.05, 0.1) is 25.6 Å². The molecule has 13 nitrogen and oxygen atoms in total. The van der Waals surface area contributed by atoms with Crippen molar-refractivity contribution in [3.05, 3.63) is 30.9 Å². The predicted molar refractivity (Wildman–Crippen MR) is 125 cm³/mol. The van der Waals surface area contributed by atoms with E-state index in [0.717, 1.165) is 0 Å². The minimum atomic E-state index is -3.74. The van der Waals surface area contributed by atoms with E-state index < -0.39 is 25.6 Å². The number of hydrogen-bond acceptors (Lipinski definition) is 11. The lowest BCUT2D eigenvalue weighted by Crippen LogP contribution is -2.36. The summed E-state index contributed by atoms with van der Waals surface area (Å²) < 4.78 is 42.9. The van der Waals surface area contributed by atoms with E-state index in [1.165, 1.54) is 6.33 Å². The van der Waals surface area contributed by atoms with Crippen LogP contribution in [0.15, 0.2) is 30.9 Å². The Morgan fingerprint density at radius 3 is 2.86 bits per heavy atom. The van der Waals surface area contributed by atoms with Crippen molar-refractivity contribution in [1.82, 2.24) is 24.6 Å². The predicted octanol–water partition coefficient (Wildman–Crippen LogP) is 2.31. The highest BCUT2D eigenvalue weighted by atomic mass is 31.2. The van der Waals surface area contributed by atoms with Gasteiger partial charge in [0.15, 0.2) is 23.0 Å². The Kier molecular flexibility index (Phi) is 7.39. The lowest BCUT2D eigenvalue weighted by molar-refractivity contribution is -0.144. The molecule has 0 fully saturated rings. The average molecular weight is 506 g/mol. The molecule has 3 N–H and O–H groups in total. The second kappa shape index (κ2) is 10.5.